The van der Waals surface area contributed by atoms with Crippen molar-refractivity contribution in [3.63, 3.8) is 0 Å². The third kappa shape index (κ3) is 2.65. The number of carboxylic acids is 1. The fourth-order valence-corrected chi connectivity index (χ4v) is 4.50. The van der Waals surface area contributed by atoms with Crippen LogP contribution in [0.4, 0.5) is 0 Å². The third-order valence-electron chi connectivity index (χ3n) is 3.35. The molecule has 0 spiro atoms. The molecular formula is C12H13Cl2NO4S. The van der Waals surface area contributed by atoms with Crippen molar-refractivity contribution >= 4 is 39.2 Å². The number of carbonyl (C=O) groups is 1. The summed E-state index contributed by atoms with van der Waals surface area (Å²) in [6.07, 6.45) is 0.825. The van der Waals surface area contributed by atoms with Gasteiger partial charge in [0.15, 0.2) is 0 Å². The minimum atomic E-state index is -3.91. The fourth-order valence-electron chi connectivity index (χ4n) is 2.18. The van der Waals surface area contributed by atoms with Crippen LogP contribution >= 0.6 is 23.2 Å². The summed E-state index contributed by atoms with van der Waals surface area (Å²) in [5, 5.41) is 9.57. The second kappa shape index (κ2) is 5.52. The molecule has 1 atom stereocenters. The van der Waals surface area contributed by atoms with Gasteiger partial charge in [-0.3, -0.25) is 4.79 Å². The average Bonchev–Trinajstić information content (AvgIpc) is 2.85. The molecule has 2 rings (SSSR count). The van der Waals surface area contributed by atoms with Crippen LogP contribution in [0.15, 0.2) is 17.0 Å². The van der Waals surface area contributed by atoms with Crippen LogP contribution < -0.4 is 0 Å². The maximum atomic E-state index is 12.5. The van der Waals surface area contributed by atoms with Crippen LogP contribution in [-0.4, -0.2) is 36.4 Å². The molecule has 0 amide bonds. The smallest absolute Gasteiger partial charge is 0.322 e. The normalized spacial score (nSPS) is 20.2. The monoisotopic (exact) mass is 337 g/mol. The Balaban J connectivity index is 2.48. The van der Waals surface area contributed by atoms with Crippen molar-refractivity contribution < 1.29 is 18.3 Å². The number of halogens is 2. The predicted octanol–water partition coefficient (Wildman–Crippen LogP) is 2.54. The van der Waals surface area contributed by atoms with Crippen LogP contribution in [-0.2, 0) is 14.8 Å². The van der Waals surface area contributed by atoms with Crippen LogP contribution in [0.5, 0.6) is 0 Å². The van der Waals surface area contributed by atoms with E-state index in [0.29, 0.717) is 18.4 Å². The fraction of sp³-hybridized carbons (Fsp3) is 0.417. The zero-order valence-corrected chi connectivity index (χ0v) is 13.0. The first-order valence-corrected chi connectivity index (χ1v) is 8.15. The van der Waals surface area contributed by atoms with Crippen LogP contribution in [0.2, 0.25) is 10.0 Å². The first-order valence-electron chi connectivity index (χ1n) is 5.95. The first kappa shape index (κ1) is 15.6. The molecule has 0 aromatic heterocycles. The number of hydrogen-bond acceptors (Lipinski definition) is 3. The van der Waals surface area contributed by atoms with Crippen LogP contribution in [0.3, 0.4) is 0 Å². The highest BCUT2D eigenvalue weighted by Crippen LogP contribution is 2.32. The Kier molecular flexibility index (Phi) is 4.30. The van der Waals surface area contributed by atoms with E-state index < -0.39 is 22.0 Å². The van der Waals surface area contributed by atoms with Gasteiger partial charge in [-0.2, -0.15) is 4.31 Å². The van der Waals surface area contributed by atoms with Gasteiger partial charge in [-0.05, 0) is 37.5 Å². The van der Waals surface area contributed by atoms with Gasteiger partial charge in [-0.15, -0.1) is 0 Å². The largest absolute Gasteiger partial charge is 0.480 e. The first-order chi connectivity index (χ1) is 9.25. The number of carboxylic acid groups (broad SMARTS) is 1. The van der Waals surface area contributed by atoms with Crippen molar-refractivity contribution in [1.82, 2.24) is 4.31 Å². The molecule has 0 radical (unpaired) electrons. The van der Waals surface area contributed by atoms with Gasteiger partial charge in [0.1, 0.15) is 6.04 Å². The van der Waals surface area contributed by atoms with E-state index in [2.05, 4.69) is 0 Å². The summed E-state index contributed by atoms with van der Waals surface area (Å²) in [5.74, 6) is -1.14. The second-order valence-corrected chi connectivity index (χ2v) is 7.33. The van der Waals surface area contributed by atoms with Crippen molar-refractivity contribution in [2.24, 2.45) is 0 Å². The summed E-state index contributed by atoms with van der Waals surface area (Å²) in [7, 11) is -3.91. The summed E-state index contributed by atoms with van der Waals surface area (Å²) in [6, 6.07) is 1.57. The SMILES string of the molecule is Cc1c(Cl)cc(S(=O)(=O)N2CCCC2C(=O)O)cc1Cl. The molecule has 5 nitrogen and oxygen atoms in total. The van der Waals surface area contributed by atoms with Gasteiger partial charge in [0, 0.05) is 16.6 Å². The highest BCUT2D eigenvalue weighted by molar-refractivity contribution is 7.89. The van der Waals surface area contributed by atoms with E-state index in [9.17, 15) is 13.2 Å². The molecule has 1 unspecified atom stereocenters. The second-order valence-electron chi connectivity index (χ2n) is 4.62. The number of sulfonamides is 1. The lowest BCUT2D eigenvalue weighted by Gasteiger charge is -2.21. The van der Waals surface area contributed by atoms with Crippen LogP contribution in [0.1, 0.15) is 18.4 Å². The molecular weight excluding hydrogens is 325 g/mol. The zero-order chi connectivity index (χ0) is 15.1. The van der Waals surface area contributed by atoms with E-state index in [1.807, 2.05) is 0 Å². The van der Waals surface area contributed by atoms with E-state index in [-0.39, 0.29) is 21.5 Å². The molecule has 1 aliphatic rings. The summed E-state index contributed by atoms with van der Waals surface area (Å²) < 4.78 is 26.0. The average molecular weight is 338 g/mol. The van der Waals surface area contributed by atoms with Gasteiger partial charge in [-0.25, -0.2) is 8.42 Å². The van der Waals surface area contributed by atoms with Crippen molar-refractivity contribution in [2.45, 2.75) is 30.7 Å². The van der Waals surface area contributed by atoms with Gasteiger partial charge in [0.25, 0.3) is 0 Å². The predicted molar refractivity (Wildman–Crippen MR) is 75.7 cm³/mol. The molecule has 1 N–H and O–H groups in total. The third-order valence-corrected chi connectivity index (χ3v) is 6.02. The standard InChI is InChI=1S/C12H13Cl2NO4S/c1-7-9(13)5-8(6-10(7)14)20(18,19)15-4-2-3-11(15)12(16)17/h5-6,11H,2-4H2,1H3,(H,16,17). The van der Waals surface area contributed by atoms with Gasteiger partial charge in [-0.1, -0.05) is 23.2 Å². The molecule has 0 saturated carbocycles. The van der Waals surface area contributed by atoms with Gasteiger partial charge >= 0.3 is 5.97 Å². The molecule has 1 fully saturated rings. The topological polar surface area (TPSA) is 74.7 Å². The lowest BCUT2D eigenvalue weighted by molar-refractivity contribution is -0.140. The minimum absolute atomic E-state index is 0.0775. The Morgan fingerprint density at radius 1 is 1.35 bits per heavy atom. The maximum Gasteiger partial charge on any atom is 0.322 e. The highest BCUT2D eigenvalue weighted by atomic mass is 35.5. The van der Waals surface area contributed by atoms with Crippen molar-refractivity contribution in [1.29, 1.82) is 0 Å². The van der Waals surface area contributed by atoms with E-state index in [4.69, 9.17) is 28.3 Å². The van der Waals surface area contributed by atoms with Crippen molar-refractivity contribution in [3.05, 3.63) is 27.7 Å². The Hall–Kier alpha value is -0.820. The summed E-state index contributed by atoms with van der Waals surface area (Å²) in [6.45, 7) is 1.86. The van der Waals surface area contributed by atoms with Gasteiger partial charge < -0.3 is 5.11 Å². The Morgan fingerprint density at radius 3 is 2.40 bits per heavy atom. The van der Waals surface area contributed by atoms with Crippen LogP contribution in [0, 0.1) is 6.92 Å². The lowest BCUT2D eigenvalue weighted by atomic mass is 10.2. The molecule has 1 aromatic carbocycles. The molecule has 20 heavy (non-hydrogen) atoms. The number of benzene rings is 1. The Labute approximate surface area is 127 Å². The highest BCUT2D eigenvalue weighted by Gasteiger charge is 2.39. The number of rotatable bonds is 3. The molecule has 0 aliphatic carbocycles. The molecule has 8 heteroatoms. The van der Waals surface area contributed by atoms with E-state index in [1.165, 1.54) is 12.1 Å². The number of aliphatic carboxylic acids is 1. The zero-order valence-electron chi connectivity index (χ0n) is 10.6. The van der Waals surface area contributed by atoms with E-state index in [0.717, 1.165) is 4.31 Å². The Bertz CT molecular complexity index is 636. The Morgan fingerprint density at radius 2 is 1.90 bits per heavy atom. The van der Waals surface area contributed by atoms with Gasteiger partial charge in [0.05, 0.1) is 4.90 Å². The molecule has 1 aromatic rings. The van der Waals surface area contributed by atoms with Crippen LogP contribution in [0.25, 0.3) is 0 Å². The minimum Gasteiger partial charge on any atom is -0.480 e. The summed E-state index contributed by atoms with van der Waals surface area (Å²) in [4.78, 5) is 11.0. The lowest BCUT2D eigenvalue weighted by Crippen LogP contribution is -2.40. The summed E-state index contributed by atoms with van der Waals surface area (Å²) >= 11 is 11.9. The molecule has 1 saturated heterocycles. The molecule has 0 bridgehead atoms. The van der Waals surface area contributed by atoms with Crippen molar-refractivity contribution in [2.75, 3.05) is 6.54 Å². The van der Waals surface area contributed by atoms with E-state index in [1.54, 1.807) is 6.92 Å². The number of nitrogens with zero attached hydrogens (tertiary/aromatic N) is 1. The maximum absolute atomic E-state index is 12.5. The van der Waals surface area contributed by atoms with Crippen molar-refractivity contribution in [3.8, 4) is 0 Å². The molecule has 1 heterocycles. The van der Waals surface area contributed by atoms with E-state index >= 15 is 0 Å². The number of hydrogen-bond donors (Lipinski definition) is 1. The summed E-state index contributed by atoms with van der Waals surface area (Å²) in [5.41, 5.74) is 0.587. The molecule has 1 aliphatic heterocycles. The molecule has 110 valence electrons. The quantitative estimate of drug-likeness (QED) is 0.919. The van der Waals surface area contributed by atoms with Gasteiger partial charge in [0.2, 0.25) is 10.0 Å².